The quantitative estimate of drug-likeness (QED) is 0.523. The first-order chi connectivity index (χ1) is 10.2. The minimum absolute atomic E-state index is 0.0531. The summed E-state index contributed by atoms with van der Waals surface area (Å²) in [7, 11) is 0. The minimum Gasteiger partial charge on any atom is -0.398 e. The summed E-state index contributed by atoms with van der Waals surface area (Å²) in [5, 5.41) is 0. The molecule has 0 spiro atoms. The molecule has 0 aliphatic rings. The number of hydrogen-bond acceptors (Lipinski definition) is 2. The number of ketones is 1. The minimum atomic E-state index is 0.0531. The number of nitrogen functional groups attached to an aromatic ring is 1. The lowest BCUT2D eigenvalue weighted by Gasteiger charge is -2.08. The van der Waals surface area contributed by atoms with Crippen LogP contribution in [0.15, 0.2) is 54.6 Å². The number of benzene rings is 2. The van der Waals surface area contributed by atoms with E-state index in [0.29, 0.717) is 17.7 Å². The van der Waals surface area contributed by atoms with Crippen LogP contribution in [0.2, 0.25) is 0 Å². The van der Waals surface area contributed by atoms with Gasteiger partial charge in [0, 0.05) is 29.2 Å². The lowest BCUT2D eigenvalue weighted by Crippen LogP contribution is -2.09. The molecule has 106 valence electrons. The molecule has 0 aliphatic carbocycles. The molecule has 2 heteroatoms. The summed E-state index contributed by atoms with van der Waals surface area (Å²) in [5.74, 6) is 6.44. The SMILES string of the molecule is CC[C@@H](C#Cc1ccccc1)CC(=O)c1ccccc1N. The first-order valence-electron chi connectivity index (χ1n) is 7.15. The first kappa shape index (κ1) is 14.9. The highest BCUT2D eigenvalue weighted by Gasteiger charge is 2.13. The summed E-state index contributed by atoms with van der Waals surface area (Å²) in [5.41, 5.74) is 7.95. The van der Waals surface area contributed by atoms with Gasteiger partial charge in [0.1, 0.15) is 0 Å². The van der Waals surface area contributed by atoms with Gasteiger partial charge in [0.05, 0.1) is 0 Å². The molecule has 1 atom stereocenters. The molecule has 0 saturated heterocycles. The Bertz CT molecular complexity index is 665. The second-order valence-corrected chi connectivity index (χ2v) is 4.96. The average molecular weight is 277 g/mol. The Kier molecular flexibility index (Phi) is 5.17. The lowest BCUT2D eigenvalue weighted by atomic mass is 9.95. The number of hydrogen-bond donors (Lipinski definition) is 1. The maximum absolute atomic E-state index is 12.3. The van der Waals surface area contributed by atoms with E-state index < -0.39 is 0 Å². The Hall–Kier alpha value is -2.53. The van der Waals surface area contributed by atoms with E-state index in [1.807, 2.05) is 49.4 Å². The Balaban J connectivity index is 2.08. The zero-order chi connectivity index (χ0) is 15.1. The standard InChI is InChI=1S/C19H19NO/c1-2-15(12-13-16-8-4-3-5-9-16)14-19(21)17-10-6-7-11-18(17)20/h3-11,15H,2,14,20H2,1H3/t15-/m0/s1. The molecule has 0 bridgehead atoms. The van der Waals surface area contributed by atoms with Gasteiger partial charge in [-0.3, -0.25) is 4.79 Å². The van der Waals surface area contributed by atoms with Gasteiger partial charge in [-0.25, -0.2) is 0 Å². The van der Waals surface area contributed by atoms with Crippen molar-refractivity contribution in [3.8, 4) is 11.8 Å². The number of carbonyl (C=O) groups is 1. The maximum Gasteiger partial charge on any atom is 0.166 e. The van der Waals surface area contributed by atoms with Crippen molar-refractivity contribution in [3.05, 3.63) is 65.7 Å². The van der Waals surface area contributed by atoms with Gasteiger partial charge in [0.25, 0.3) is 0 Å². The molecule has 0 fully saturated rings. The topological polar surface area (TPSA) is 43.1 Å². The molecule has 0 amide bonds. The van der Waals surface area contributed by atoms with E-state index in [0.717, 1.165) is 12.0 Å². The van der Waals surface area contributed by atoms with Crippen LogP contribution in [-0.2, 0) is 0 Å². The van der Waals surface area contributed by atoms with E-state index in [-0.39, 0.29) is 11.7 Å². The largest absolute Gasteiger partial charge is 0.398 e. The monoisotopic (exact) mass is 277 g/mol. The molecule has 0 saturated carbocycles. The number of rotatable bonds is 4. The highest BCUT2D eigenvalue weighted by Crippen LogP contribution is 2.17. The number of carbonyl (C=O) groups excluding carboxylic acids is 1. The number of Topliss-reactive ketones (excluding diaryl/α,β-unsaturated/α-hetero) is 1. The zero-order valence-electron chi connectivity index (χ0n) is 12.2. The van der Waals surface area contributed by atoms with Crippen molar-refractivity contribution in [2.45, 2.75) is 19.8 Å². The molecule has 0 unspecified atom stereocenters. The van der Waals surface area contributed by atoms with Crippen LogP contribution in [0.1, 0.15) is 35.7 Å². The summed E-state index contributed by atoms with van der Waals surface area (Å²) >= 11 is 0. The second kappa shape index (κ2) is 7.31. The van der Waals surface area contributed by atoms with E-state index in [1.165, 1.54) is 0 Å². The Morgan fingerprint density at radius 1 is 1.10 bits per heavy atom. The lowest BCUT2D eigenvalue weighted by molar-refractivity contribution is 0.0971. The molecule has 21 heavy (non-hydrogen) atoms. The van der Waals surface area contributed by atoms with E-state index in [4.69, 9.17) is 5.73 Å². The van der Waals surface area contributed by atoms with Crippen molar-refractivity contribution >= 4 is 11.5 Å². The third-order valence-electron chi connectivity index (χ3n) is 3.38. The molecule has 0 heterocycles. The Morgan fingerprint density at radius 3 is 2.43 bits per heavy atom. The van der Waals surface area contributed by atoms with Gasteiger partial charge in [0.2, 0.25) is 0 Å². The van der Waals surface area contributed by atoms with E-state index in [1.54, 1.807) is 12.1 Å². The Morgan fingerprint density at radius 2 is 1.76 bits per heavy atom. The fourth-order valence-electron chi connectivity index (χ4n) is 2.09. The number of anilines is 1. The summed E-state index contributed by atoms with van der Waals surface area (Å²) in [6.07, 6.45) is 1.25. The van der Waals surface area contributed by atoms with Crippen LogP contribution in [0, 0.1) is 17.8 Å². The zero-order valence-corrected chi connectivity index (χ0v) is 12.2. The van der Waals surface area contributed by atoms with Crippen LogP contribution < -0.4 is 5.73 Å². The molecule has 2 aromatic carbocycles. The van der Waals surface area contributed by atoms with Crippen molar-refractivity contribution in [3.63, 3.8) is 0 Å². The van der Waals surface area contributed by atoms with Crippen LogP contribution in [0.4, 0.5) is 5.69 Å². The van der Waals surface area contributed by atoms with Crippen LogP contribution in [0.25, 0.3) is 0 Å². The van der Waals surface area contributed by atoms with E-state index >= 15 is 0 Å². The van der Waals surface area contributed by atoms with Gasteiger partial charge in [0.15, 0.2) is 5.78 Å². The smallest absolute Gasteiger partial charge is 0.166 e. The molecular formula is C19H19NO. The van der Waals surface area contributed by atoms with Gasteiger partial charge in [-0.2, -0.15) is 0 Å². The highest BCUT2D eigenvalue weighted by molar-refractivity contribution is 6.00. The maximum atomic E-state index is 12.3. The summed E-state index contributed by atoms with van der Waals surface area (Å²) < 4.78 is 0. The first-order valence-corrected chi connectivity index (χ1v) is 7.15. The number of nitrogens with two attached hydrogens (primary N) is 1. The van der Waals surface area contributed by atoms with Crippen molar-refractivity contribution in [1.29, 1.82) is 0 Å². The molecule has 0 aliphatic heterocycles. The van der Waals surface area contributed by atoms with Crippen LogP contribution in [0.5, 0.6) is 0 Å². The van der Waals surface area contributed by atoms with Crippen LogP contribution in [-0.4, -0.2) is 5.78 Å². The van der Waals surface area contributed by atoms with E-state index in [9.17, 15) is 4.79 Å². The average Bonchev–Trinajstić information content (AvgIpc) is 2.52. The van der Waals surface area contributed by atoms with Crippen molar-refractivity contribution in [2.75, 3.05) is 5.73 Å². The Labute approximate surface area is 126 Å². The van der Waals surface area contributed by atoms with Crippen molar-refractivity contribution in [1.82, 2.24) is 0 Å². The molecule has 0 aromatic heterocycles. The molecule has 2 aromatic rings. The van der Waals surface area contributed by atoms with Gasteiger partial charge in [-0.15, -0.1) is 0 Å². The molecule has 2 nitrogen and oxygen atoms in total. The molecule has 0 radical (unpaired) electrons. The normalized spacial score (nSPS) is 11.3. The highest BCUT2D eigenvalue weighted by atomic mass is 16.1. The third-order valence-corrected chi connectivity index (χ3v) is 3.38. The molecule has 2 N–H and O–H groups in total. The van der Waals surface area contributed by atoms with Gasteiger partial charge in [-0.1, -0.05) is 49.1 Å². The molecular weight excluding hydrogens is 258 g/mol. The van der Waals surface area contributed by atoms with Crippen molar-refractivity contribution < 1.29 is 4.79 Å². The van der Waals surface area contributed by atoms with Crippen LogP contribution >= 0.6 is 0 Å². The fourth-order valence-corrected chi connectivity index (χ4v) is 2.09. The van der Waals surface area contributed by atoms with Gasteiger partial charge in [-0.05, 0) is 30.7 Å². The summed E-state index contributed by atoms with van der Waals surface area (Å²) in [6, 6.07) is 17.0. The van der Waals surface area contributed by atoms with E-state index in [2.05, 4.69) is 11.8 Å². The molecule has 2 rings (SSSR count). The number of para-hydroxylation sites is 1. The summed E-state index contributed by atoms with van der Waals surface area (Å²) in [6.45, 7) is 2.05. The fraction of sp³-hybridized carbons (Fsp3) is 0.211. The van der Waals surface area contributed by atoms with Gasteiger partial charge < -0.3 is 5.73 Å². The van der Waals surface area contributed by atoms with Gasteiger partial charge >= 0.3 is 0 Å². The summed E-state index contributed by atoms with van der Waals surface area (Å²) in [4.78, 5) is 12.3. The second-order valence-electron chi connectivity index (χ2n) is 4.96. The van der Waals surface area contributed by atoms with Crippen molar-refractivity contribution in [2.24, 2.45) is 5.92 Å². The predicted octanol–water partition coefficient (Wildman–Crippen LogP) is 3.92. The van der Waals surface area contributed by atoms with Crippen LogP contribution in [0.3, 0.4) is 0 Å². The predicted molar refractivity (Wildman–Crippen MR) is 86.9 cm³/mol. The third kappa shape index (κ3) is 4.22.